The van der Waals surface area contributed by atoms with Crippen LogP contribution in [0.2, 0.25) is 0 Å². The van der Waals surface area contributed by atoms with Crippen molar-refractivity contribution in [2.45, 2.75) is 0 Å². The van der Waals surface area contributed by atoms with Crippen molar-refractivity contribution in [3.05, 3.63) is 158 Å². The second-order valence-corrected chi connectivity index (χ2v) is 13.9. The largest absolute Gasteiger partial charge is 0.302 e. The summed E-state index contributed by atoms with van der Waals surface area (Å²) < 4.78 is 9.78. The van der Waals surface area contributed by atoms with Crippen LogP contribution in [0.3, 0.4) is 0 Å². The maximum atomic E-state index is 4.94. The number of benzene rings is 5. The van der Waals surface area contributed by atoms with Gasteiger partial charge in [-0.2, -0.15) is 8.75 Å². The van der Waals surface area contributed by atoms with Gasteiger partial charge in [0.25, 0.3) is 0 Å². The molecule has 9 heteroatoms. The number of thiophene rings is 2. The lowest BCUT2D eigenvalue weighted by Gasteiger charge is -2.23. The van der Waals surface area contributed by atoms with Crippen LogP contribution in [0.4, 0.5) is 32.8 Å². The fourth-order valence-electron chi connectivity index (χ4n) is 6.19. The van der Waals surface area contributed by atoms with Crippen molar-refractivity contribution in [2.75, 3.05) is 9.80 Å². The Labute approximate surface area is 295 Å². The fraction of sp³-hybridized carbons (Fsp3) is 0. The standard InChI is InChI=1S/C40H26N6S3/c1-5-13-27(14-6-1)45(28-15-7-2-8-16-28)33-23-21-31(47-33)35-37-38(42-26-25-41-37)36(40-39(35)43-49-44-40)32-22-24-34(48-32)46(29-17-9-3-10-18-29)30-19-11-4-12-20-30/h1-26H. The second-order valence-electron chi connectivity index (χ2n) is 11.3. The van der Waals surface area contributed by atoms with E-state index in [1.807, 2.05) is 24.3 Å². The first-order valence-electron chi connectivity index (χ1n) is 15.7. The molecule has 0 aliphatic rings. The third kappa shape index (κ3) is 5.34. The van der Waals surface area contributed by atoms with E-state index in [4.69, 9.17) is 18.7 Å². The van der Waals surface area contributed by atoms with Gasteiger partial charge in [0.1, 0.15) is 32.1 Å². The van der Waals surface area contributed by atoms with Gasteiger partial charge in [-0.25, -0.2) is 0 Å². The Bertz CT molecular complexity index is 2260. The zero-order valence-corrected chi connectivity index (χ0v) is 28.4. The van der Waals surface area contributed by atoms with Crippen LogP contribution >= 0.6 is 34.4 Å². The summed E-state index contributed by atoms with van der Waals surface area (Å²) in [4.78, 5) is 16.6. The summed E-state index contributed by atoms with van der Waals surface area (Å²) in [6.45, 7) is 0. The average Bonchev–Trinajstić information content (AvgIpc) is 3.95. The van der Waals surface area contributed by atoms with Gasteiger partial charge in [0.15, 0.2) is 0 Å². The van der Waals surface area contributed by atoms with E-state index < -0.39 is 0 Å². The Morgan fingerprint density at radius 3 is 1.06 bits per heavy atom. The minimum atomic E-state index is 0.815. The molecule has 5 aromatic carbocycles. The van der Waals surface area contributed by atoms with Crippen molar-refractivity contribution < 1.29 is 0 Å². The molecule has 0 aliphatic heterocycles. The van der Waals surface area contributed by atoms with Gasteiger partial charge in [-0.05, 0) is 72.8 Å². The highest BCUT2D eigenvalue weighted by Crippen LogP contribution is 2.49. The van der Waals surface area contributed by atoms with Crippen molar-refractivity contribution in [3.63, 3.8) is 0 Å². The minimum Gasteiger partial charge on any atom is -0.302 e. The lowest BCUT2D eigenvalue weighted by Crippen LogP contribution is -2.07. The summed E-state index contributed by atoms with van der Waals surface area (Å²) in [6, 6.07) is 50.5. The van der Waals surface area contributed by atoms with E-state index >= 15 is 0 Å². The number of fused-ring (bicyclic) bond motifs is 2. The molecule has 234 valence electrons. The van der Waals surface area contributed by atoms with Crippen LogP contribution in [-0.4, -0.2) is 18.7 Å². The summed E-state index contributed by atoms with van der Waals surface area (Å²) in [7, 11) is 0. The normalized spacial score (nSPS) is 11.3. The van der Waals surface area contributed by atoms with Crippen LogP contribution < -0.4 is 9.80 Å². The highest BCUT2D eigenvalue weighted by molar-refractivity contribution is 7.20. The molecule has 0 unspecified atom stereocenters. The Balaban J connectivity index is 1.19. The van der Waals surface area contributed by atoms with Crippen LogP contribution in [0.1, 0.15) is 0 Å². The van der Waals surface area contributed by atoms with Crippen LogP contribution in [0.25, 0.3) is 42.9 Å². The van der Waals surface area contributed by atoms with Gasteiger partial charge in [-0.1, -0.05) is 72.8 Å². The Kier molecular flexibility index (Phi) is 7.62. The number of para-hydroxylation sites is 4. The molecule has 9 aromatic rings. The molecule has 0 radical (unpaired) electrons. The van der Waals surface area contributed by atoms with Gasteiger partial charge in [0.2, 0.25) is 0 Å². The first-order valence-corrected chi connectivity index (χ1v) is 18.1. The molecule has 9 rings (SSSR count). The number of aromatic nitrogens is 4. The molecule has 6 nitrogen and oxygen atoms in total. The summed E-state index contributed by atoms with van der Waals surface area (Å²) in [5.41, 5.74) is 9.60. The molecule has 0 amide bonds. The summed E-state index contributed by atoms with van der Waals surface area (Å²) in [5.74, 6) is 0. The van der Waals surface area contributed by atoms with E-state index in [-0.39, 0.29) is 0 Å². The zero-order chi connectivity index (χ0) is 32.6. The van der Waals surface area contributed by atoms with Crippen LogP contribution in [0, 0.1) is 0 Å². The van der Waals surface area contributed by atoms with Gasteiger partial charge in [-0.3, -0.25) is 9.97 Å². The predicted molar refractivity (Wildman–Crippen MR) is 207 cm³/mol. The van der Waals surface area contributed by atoms with Gasteiger partial charge in [-0.15, -0.1) is 22.7 Å². The minimum absolute atomic E-state index is 0.815. The highest BCUT2D eigenvalue weighted by Gasteiger charge is 2.25. The van der Waals surface area contributed by atoms with Crippen LogP contribution in [-0.2, 0) is 0 Å². The van der Waals surface area contributed by atoms with E-state index in [0.717, 1.165) is 75.7 Å². The third-order valence-corrected chi connectivity index (χ3v) is 11.0. The Morgan fingerprint density at radius 2 is 0.714 bits per heavy atom. The molecule has 4 heterocycles. The Hall–Kier alpha value is -5.74. The van der Waals surface area contributed by atoms with Gasteiger partial charge >= 0.3 is 0 Å². The van der Waals surface area contributed by atoms with E-state index in [0.29, 0.717) is 0 Å². The van der Waals surface area contributed by atoms with Gasteiger partial charge in [0, 0.05) is 56.0 Å². The lowest BCUT2D eigenvalue weighted by molar-refractivity contribution is 1.30. The second kappa shape index (κ2) is 12.7. The first-order chi connectivity index (χ1) is 24.3. The van der Waals surface area contributed by atoms with Crippen LogP contribution in [0.15, 0.2) is 158 Å². The summed E-state index contributed by atoms with van der Waals surface area (Å²) in [5, 5.41) is 2.18. The molecular formula is C40H26N6S3. The molecular weight excluding hydrogens is 661 g/mol. The molecule has 0 spiro atoms. The van der Waals surface area contributed by atoms with E-state index in [2.05, 4.69) is 131 Å². The zero-order valence-electron chi connectivity index (χ0n) is 25.9. The number of hydrogen-bond acceptors (Lipinski definition) is 9. The molecule has 0 N–H and O–H groups in total. The SMILES string of the molecule is c1ccc(N(c2ccccc2)c2ccc(-c3c4nccnc4c(-c4ccc(N(c5ccccc5)c5ccccc5)s4)c4nsnc34)s2)cc1. The van der Waals surface area contributed by atoms with Crippen molar-refractivity contribution in [1.29, 1.82) is 0 Å². The van der Waals surface area contributed by atoms with Crippen molar-refractivity contribution in [3.8, 4) is 20.9 Å². The molecule has 0 bridgehead atoms. The molecule has 4 aromatic heterocycles. The maximum absolute atomic E-state index is 4.94. The topological polar surface area (TPSA) is 58.0 Å². The van der Waals surface area contributed by atoms with E-state index in [1.54, 1.807) is 35.1 Å². The maximum Gasteiger partial charge on any atom is 0.116 e. The smallest absolute Gasteiger partial charge is 0.116 e. The quantitative estimate of drug-likeness (QED) is 0.159. The molecule has 49 heavy (non-hydrogen) atoms. The lowest BCUT2D eigenvalue weighted by atomic mass is 10.0. The van der Waals surface area contributed by atoms with Gasteiger partial charge < -0.3 is 9.80 Å². The number of anilines is 6. The Morgan fingerprint density at radius 1 is 0.367 bits per heavy atom. The van der Waals surface area contributed by atoms with Crippen molar-refractivity contribution in [1.82, 2.24) is 18.7 Å². The molecule has 0 aliphatic carbocycles. The summed E-state index contributed by atoms with van der Waals surface area (Å²) in [6.07, 6.45) is 3.53. The third-order valence-electron chi connectivity index (χ3n) is 8.31. The molecule has 0 atom stereocenters. The first kappa shape index (κ1) is 29.4. The van der Waals surface area contributed by atoms with Crippen LogP contribution in [0.5, 0.6) is 0 Å². The highest BCUT2D eigenvalue weighted by atomic mass is 32.1. The predicted octanol–water partition coefficient (Wildman–Crippen LogP) is 12.0. The van der Waals surface area contributed by atoms with Crippen molar-refractivity contribution >= 4 is 89.2 Å². The average molecular weight is 687 g/mol. The monoisotopic (exact) mass is 686 g/mol. The summed E-state index contributed by atoms with van der Waals surface area (Å²) >= 11 is 4.65. The van der Waals surface area contributed by atoms with E-state index in [1.165, 1.54) is 11.7 Å². The van der Waals surface area contributed by atoms with Gasteiger partial charge in [0.05, 0.1) is 11.7 Å². The number of hydrogen-bond donors (Lipinski definition) is 0. The fourth-order valence-corrected chi connectivity index (χ4v) is 8.94. The van der Waals surface area contributed by atoms with E-state index in [9.17, 15) is 0 Å². The molecule has 0 saturated carbocycles. The number of rotatable bonds is 8. The molecule has 0 saturated heterocycles. The molecule has 0 fully saturated rings. The van der Waals surface area contributed by atoms with Crippen molar-refractivity contribution in [2.24, 2.45) is 0 Å². The number of nitrogens with zero attached hydrogens (tertiary/aromatic N) is 6.